The van der Waals surface area contributed by atoms with Crippen LogP contribution in [0.5, 0.6) is 11.5 Å². The fourth-order valence-corrected chi connectivity index (χ4v) is 4.23. The summed E-state index contributed by atoms with van der Waals surface area (Å²) in [5.41, 5.74) is 0.987. The number of amidine groups is 1. The Kier molecular flexibility index (Phi) is 11.2. The summed E-state index contributed by atoms with van der Waals surface area (Å²) in [7, 11) is -3.52. The van der Waals surface area contributed by atoms with Crippen molar-refractivity contribution in [2.45, 2.75) is 34.6 Å². The first-order valence-electron chi connectivity index (χ1n) is 11.9. The van der Waals surface area contributed by atoms with Gasteiger partial charge in [0.25, 0.3) is 10.0 Å². The molecule has 0 unspecified atom stereocenters. The maximum absolute atomic E-state index is 13.5. The molecule has 0 saturated heterocycles. The molecule has 0 aromatic heterocycles. The van der Waals surface area contributed by atoms with Crippen LogP contribution in [0.15, 0.2) is 52.6 Å². The van der Waals surface area contributed by atoms with Crippen molar-refractivity contribution in [1.82, 2.24) is 5.32 Å². The Morgan fingerprint density at radius 1 is 1.18 bits per heavy atom. The van der Waals surface area contributed by atoms with Crippen molar-refractivity contribution in [3.8, 4) is 17.6 Å². The average molecular weight is 596 g/mol. The number of carbonyl (C=O) groups is 1. The number of amides is 1. The summed E-state index contributed by atoms with van der Waals surface area (Å²) in [4.78, 5) is 15.0. The summed E-state index contributed by atoms with van der Waals surface area (Å²) >= 11 is 12.2. The third kappa shape index (κ3) is 9.46. The normalized spacial score (nSPS) is 12.5. The van der Waals surface area contributed by atoms with Crippen LogP contribution >= 0.6 is 23.2 Å². The van der Waals surface area contributed by atoms with Gasteiger partial charge in [0.1, 0.15) is 30.9 Å². The van der Waals surface area contributed by atoms with Crippen LogP contribution in [-0.4, -0.2) is 45.5 Å². The van der Waals surface area contributed by atoms with Gasteiger partial charge in [-0.2, -0.15) is 9.66 Å². The highest BCUT2D eigenvalue weighted by atomic mass is 35.5. The van der Waals surface area contributed by atoms with Gasteiger partial charge in [0, 0.05) is 16.8 Å². The molecule has 12 heteroatoms. The number of hydrogen-bond acceptors (Lipinski definition) is 6. The highest BCUT2D eigenvalue weighted by molar-refractivity contribution is 7.89. The SMILES string of the molecule is C/C=C(/COc1ccc(N(C(=O)C(C)(C)C)c2cc(Cl)c(OCCCl)c(C#N)c2)cc1)N/C(C)=N/S(C)(=O)=O. The summed E-state index contributed by atoms with van der Waals surface area (Å²) in [5.74, 6) is 0.954. The Labute approximate surface area is 240 Å². The van der Waals surface area contributed by atoms with E-state index in [1.165, 1.54) is 4.90 Å². The van der Waals surface area contributed by atoms with Crippen LogP contribution in [0.25, 0.3) is 0 Å². The molecule has 1 N–H and O–H groups in total. The van der Waals surface area contributed by atoms with E-state index in [1.807, 2.05) is 0 Å². The fourth-order valence-electron chi connectivity index (χ4n) is 3.35. The highest BCUT2D eigenvalue weighted by Crippen LogP contribution is 2.38. The van der Waals surface area contributed by atoms with Crippen molar-refractivity contribution in [2.24, 2.45) is 9.81 Å². The number of hydrogen-bond donors (Lipinski definition) is 1. The van der Waals surface area contributed by atoms with Gasteiger partial charge < -0.3 is 14.8 Å². The van der Waals surface area contributed by atoms with Crippen LogP contribution in [-0.2, 0) is 14.8 Å². The van der Waals surface area contributed by atoms with Crippen LogP contribution < -0.4 is 19.7 Å². The molecule has 0 fully saturated rings. The molecule has 0 aliphatic rings. The van der Waals surface area contributed by atoms with Crippen LogP contribution in [0, 0.1) is 16.7 Å². The molecule has 0 spiro atoms. The largest absolute Gasteiger partial charge is 0.489 e. The lowest BCUT2D eigenvalue weighted by molar-refractivity contribution is -0.125. The summed E-state index contributed by atoms with van der Waals surface area (Å²) in [6.07, 6.45) is 2.76. The summed E-state index contributed by atoms with van der Waals surface area (Å²) in [6, 6.07) is 12.0. The number of anilines is 2. The molecule has 210 valence electrons. The van der Waals surface area contributed by atoms with E-state index in [9.17, 15) is 18.5 Å². The Hall–Kier alpha value is -3.26. The first-order chi connectivity index (χ1) is 18.2. The van der Waals surface area contributed by atoms with E-state index in [2.05, 4.69) is 15.8 Å². The van der Waals surface area contributed by atoms with Crippen LogP contribution in [0.2, 0.25) is 5.02 Å². The third-order valence-electron chi connectivity index (χ3n) is 5.06. The van der Waals surface area contributed by atoms with Gasteiger partial charge in [-0.1, -0.05) is 38.4 Å². The van der Waals surface area contributed by atoms with E-state index in [0.29, 0.717) is 22.8 Å². The van der Waals surface area contributed by atoms with Crippen molar-refractivity contribution < 1.29 is 22.7 Å². The van der Waals surface area contributed by atoms with Gasteiger partial charge in [-0.3, -0.25) is 9.69 Å². The summed E-state index contributed by atoms with van der Waals surface area (Å²) < 4.78 is 37.7. The molecule has 39 heavy (non-hydrogen) atoms. The van der Waals surface area contributed by atoms with Crippen LogP contribution in [0.1, 0.15) is 40.2 Å². The zero-order chi connectivity index (χ0) is 29.4. The minimum atomic E-state index is -3.52. The fraction of sp³-hybridized carbons (Fsp3) is 0.370. The van der Waals surface area contributed by atoms with E-state index in [-0.39, 0.29) is 47.2 Å². The number of carbonyl (C=O) groups excluding carboxylic acids is 1. The summed E-state index contributed by atoms with van der Waals surface area (Å²) in [5, 5.41) is 12.8. The van der Waals surface area contributed by atoms with Gasteiger partial charge in [0.2, 0.25) is 5.91 Å². The number of nitriles is 1. The maximum atomic E-state index is 13.5. The molecule has 0 heterocycles. The number of ether oxygens (including phenoxy) is 2. The van der Waals surface area contributed by atoms with E-state index >= 15 is 0 Å². The smallest absolute Gasteiger partial charge is 0.251 e. The van der Waals surface area contributed by atoms with Crippen LogP contribution in [0.4, 0.5) is 11.4 Å². The minimum Gasteiger partial charge on any atom is -0.489 e. The molecule has 9 nitrogen and oxygen atoms in total. The second-order valence-electron chi connectivity index (χ2n) is 9.48. The standard InChI is InChI=1S/C27H32Cl2N4O5S/c1-7-20(31-18(2)32-39(6,35)36)17-38-23-10-8-21(9-11-23)33(26(34)27(3,4)5)22-14-19(16-30)25(24(29)15-22)37-13-12-28/h7-11,14-15H,12-13,17H2,1-6H3,(H,31,32)/b20-7-. The third-order valence-corrected chi connectivity index (χ3v) is 6.10. The topological polar surface area (TPSA) is 121 Å². The maximum Gasteiger partial charge on any atom is 0.251 e. The molecule has 0 aliphatic heterocycles. The van der Waals surface area contributed by atoms with Gasteiger partial charge in [0.15, 0.2) is 5.75 Å². The lowest BCUT2D eigenvalue weighted by Gasteiger charge is -2.30. The molecule has 0 saturated carbocycles. The Balaban J connectivity index is 2.36. The molecule has 0 radical (unpaired) electrons. The monoisotopic (exact) mass is 594 g/mol. The van der Waals surface area contributed by atoms with Crippen molar-refractivity contribution >= 4 is 56.3 Å². The first kappa shape index (κ1) is 32.0. The van der Waals surface area contributed by atoms with Crippen molar-refractivity contribution in [3.05, 3.63) is 58.8 Å². The number of halogens is 2. The molecule has 0 atom stereocenters. The predicted molar refractivity (Wildman–Crippen MR) is 156 cm³/mol. The molecule has 2 rings (SSSR count). The Bertz CT molecular complexity index is 1390. The Morgan fingerprint density at radius 2 is 1.82 bits per heavy atom. The zero-order valence-corrected chi connectivity index (χ0v) is 25.0. The molecule has 2 aromatic rings. The number of rotatable bonds is 10. The molecule has 0 aliphatic carbocycles. The highest BCUT2D eigenvalue weighted by Gasteiger charge is 2.30. The second kappa shape index (κ2) is 13.7. The van der Waals surface area contributed by atoms with Gasteiger partial charge in [-0.15, -0.1) is 11.6 Å². The van der Waals surface area contributed by atoms with Gasteiger partial charge in [-0.25, -0.2) is 8.42 Å². The quantitative estimate of drug-likeness (QED) is 0.210. The van der Waals surface area contributed by atoms with Crippen molar-refractivity contribution in [2.75, 3.05) is 30.2 Å². The first-order valence-corrected chi connectivity index (χ1v) is 14.6. The average Bonchev–Trinajstić information content (AvgIpc) is 2.84. The number of nitrogens with one attached hydrogen (secondary N) is 1. The molecule has 1 amide bonds. The predicted octanol–water partition coefficient (Wildman–Crippen LogP) is 5.79. The second-order valence-corrected chi connectivity index (χ2v) is 11.9. The summed E-state index contributed by atoms with van der Waals surface area (Å²) in [6.45, 7) is 9.02. The van der Waals surface area contributed by atoms with E-state index in [1.54, 1.807) is 77.1 Å². The van der Waals surface area contributed by atoms with Gasteiger partial charge in [-0.05, 0) is 50.2 Å². The lowest BCUT2D eigenvalue weighted by Crippen LogP contribution is -2.36. The molecule has 0 bridgehead atoms. The molecular formula is C27H32Cl2N4O5S. The van der Waals surface area contributed by atoms with Gasteiger partial charge in [0.05, 0.1) is 28.4 Å². The van der Waals surface area contributed by atoms with E-state index in [0.717, 1.165) is 6.26 Å². The van der Waals surface area contributed by atoms with Crippen molar-refractivity contribution in [1.29, 1.82) is 5.26 Å². The van der Waals surface area contributed by atoms with Crippen LogP contribution in [0.3, 0.4) is 0 Å². The number of allylic oxidation sites excluding steroid dienone is 1. The van der Waals surface area contributed by atoms with Crippen molar-refractivity contribution in [3.63, 3.8) is 0 Å². The zero-order valence-electron chi connectivity index (χ0n) is 22.7. The number of nitrogens with zero attached hydrogens (tertiary/aromatic N) is 3. The molecular weight excluding hydrogens is 563 g/mol. The minimum absolute atomic E-state index is 0.127. The lowest BCUT2D eigenvalue weighted by atomic mass is 9.94. The van der Waals surface area contributed by atoms with E-state index < -0.39 is 15.4 Å². The number of benzene rings is 2. The van der Waals surface area contributed by atoms with Gasteiger partial charge >= 0.3 is 0 Å². The molecule has 2 aromatic carbocycles. The number of sulfonamides is 1. The number of alkyl halides is 1. The van der Waals surface area contributed by atoms with E-state index in [4.69, 9.17) is 32.7 Å². The Morgan fingerprint density at radius 3 is 2.33 bits per heavy atom.